The molecular weight excluding hydrogens is 240 g/mol. The van der Waals surface area contributed by atoms with Crippen LogP contribution >= 0.6 is 0 Å². The van der Waals surface area contributed by atoms with Crippen molar-refractivity contribution >= 4 is 0 Å². The van der Waals surface area contributed by atoms with Crippen molar-refractivity contribution in [2.45, 2.75) is 26.0 Å². The fraction of sp³-hybridized carbons (Fsp3) is 0.429. The zero-order valence-corrected chi connectivity index (χ0v) is 11.2. The van der Waals surface area contributed by atoms with Crippen molar-refractivity contribution in [2.24, 2.45) is 0 Å². The summed E-state index contributed by atoms with van der Waals surface area (Å²) in [6.45, 7) is 2.49. The molecule has 0 spiro atoms. The first kappa shape index (κ1) is 13.7. The molecule has 2 N–H and O–H groups in total. The Morgan fingerprint density at radius 3 is 2.84 bits per heavy atom. The highest BCUT2D eigenvalue weighted by atomic mass is 16.5. The van der Waals surface area contributed by atoms with Gasteiger partial charge in [-0.05, 0) is 24.1 Å². The van der Waals surface area contributed by atoms with Gasteiger partial charge in [0, 0.05) is 20.1 Å². The second kappa shape index (κ2) is 7.66. The highest BCUT2D eigenvalue weighted by Crippen LogP contribution is 2.09. The average Bonchev–Trinajstić information content (AvgIpc) is 2.94. The number of rotatable bonds is 8. The van der Waals surface area contributed by atoms with E-state index in [1.54, 1.807) is 13.4 Å². The van der Waals surface area contributed by atoms with Gasteiger partial charge in [0.05, 0.1) is 6.61 Å². The maximum absolute atomic E-state index is 5.20. The number of hydrogen-bond donors (Lipinski definition) is 2. The third-order valence-corrected chi connectivity index (χ3v) is 2.97. The lowest BCUT2D eigenvalue weighted by Crippen LogP contribution is -2.16. The van der Waals surface area contributed by atoms with Crippen LogP contribution in [-0.2, 0) is 24.3 Å². The van der Waals surface area contributed by atoms with E-state index in [0.717, 1.165) is 31.8 Å². The summed E-state index contributed by atoms with van der Waals surface area (Å²) in [6, 6.07) is 8.35. The van der Waals surface area contributed by atoms with Gasteiger partial charge in [-0.25, -0.2) is 4.98 Å². The predicted molar refractivity (Wildman–Crippen MR) is 73.6 cm³/mol. The second-order valence-electron chi connectivity index (χ2n) is 4.41. The lowest BCUT2D eigenvalue weighted by molar-refractivity contribution is 0.184. The fourth-order valence-electron chi connectivity index (χ4n) is 1.98. The summed E-state index contributed by atoms with van der Waals surface area (Å²) in [4.78, 5) is 4.10. The zero-order valence-electron chi connectivity index (χ0n) is 11.2. The third kappa shape index (κ3) is 4.46. The normalized spacial score (nSPS) is 10.8. The number of benzene rings is 1. The van der Waals surface area contributed by atoms with Gasteiger partial charge in [-0.2, -0.15) is 5.10 Å². The number of methoxy groups -OCH3 is 1. The van der Waals surface area contributed by atoms with E-state index in [-0.39, 0.29) is 0 Å². The van der Waals surface area contributed by atoms with Crippen LogP contribution in [-0.4, -0.2) is 28.8 Å². The van der Waals surface area contributed by atoms with Gasteiger partial charge < -0.3 is 10.1 Å². The minimum absolute atomic E-state index is 0.663. The van der Waals surface area contributed by atoms with E-state index in [1.165, 1.54) is 11.1 Å². The molecule has 0 fully saturated rings. The first-order valence-electron chi connectivity index (χ1n) is 6.51. The molecule has 0 aliphatic heterocycles. The van der Waals surface area contributed by atoms with Crippen molar-refractivity contribution in [3.05, 3.63) is 47.5 Å². The van der Waals surface area contributed by atoms with Crippen molar-refractivity contribution in [2.75, 3.05) is 13.7 Å². The first-order chi connectivity index (χ1) is 9.40. The average molecular weight is 260 g/mol. The van der Waals surface area contributed by atoms with Gasteiger partial charge in [-0.3, -0.25) is 5.10 Å². The van der Waals surface area contributed by atoms with E-state index >= 15 is 0 Å². The van der Waals surface area contributed by atoms with Crippen molar-refractivity contribution in [3.8, 4) is 0 Å². The van der Waals surface area contributed by atoms with Crippen LogP contribution in [0.2, 0.25) is 0 Å². The molecule has 1 aromatic heterocycles. The number of aryl methyl sites for hydroxylation is 1. The minimum atomic E-state index is 0.663. The molecule has 0 unspecified atom stereocenters. The summed E-state index contributed by atoms with van der Waals surface area (Å²) in [5.74, 6) is 0.946. The molecule has 0 atom stereocenters. The molecular formula is C14H20N4O. The van der Waals surface area contributed by atoms with Crippen LogP contribution in [0.5, 0.6) is 0 Å². The molecule has 0 saturated heterocycles. The monoisotopic (exact) mass is 260 g/mol. The Bertz CT molecular complexity index is 470. The molecule has 0 bridgehead atoms. The standard InChI is InChI=1S/C14H20N4O/c1-19-10-13-6-3-2-5-12(13)9-15-8-4-7-14-16-11-17-18-14/h2-3,5-6,11,15H,4,7-10H2,1H3,(H,16,17,18). The number of aromatic nitrogens is 3. The topological polar surface area (TPSA) is 62.8 Å². The maximum atomic E-state index is 5.20. The fourth-order valence-corrected chi connectivity index (χ4v) is 1.98. The summed E-state index contributed by atoms with van der Waals surface area (Å²) in [7, 11) is 1.72. The second-order valence-corrected chi connectivity index (χ2v) is 4.41. The Morgan fingerprint density at radius 1 is 1.26 bits per heavy atom. The molecule has 5 heteroatoms. The SMILES string of the molecule is COCc1ccccc1CNCCCc1ncn[nH]1. The summed E-state index contributed by atoms with van der Waals surface area (Å²) >= 11 is 0. The first-order valence-corrected chi connectivity index (χ1v) is 6.51. The Balaban J connectivity index is 1.70. The van der Waals surface area contributed by atoms with Gasteiger partial charge in [-0.1, -0.05) is 24.3 Å². The van der Waals surface area contributed by atoms with Crippen LogP contribution in [0.4, 0.5) is 0 Å². The van der Waals surface area contributed by atoms with Gasteiger partial charge in [0.15, 0.2) is 0 Å². The van der Waals surface area contributed by atoms with E-state index in [2.05, 4.69) is 38.7 Å². The van der Waals surface area contributed by atoms with Gasteiger partial charge in [0.2, 0.25) is 0 Å². The number of nitrogens with one attached hydrogen (secondary N) is 2. The molecule has 0 saturated carbocycles. The van der Waals surface area contributed by atoms with Crippen LogP contribution in [0.15, 0.2) is 30.6 Å². The lowest BCUT2D eigenvalue weighted by Gasteiger charge is -2.09. The Kier molecular flexibility index (Phi) is 5.52. The van der Waals surface area contributed by atoms with Gasteiger partial charge in [0.25, 0.3) is 0 Å². The maximum Gasteiger partial charge on any atom is 0.137 e. The molecule has 0 aliphatic rings. The van der Waals surface area contributed by atoms with Gasteiger partial charge >= 0.3 is 0 Å². The van der Waals surface area contributed by atoms with Crippen molar-refractivity contribution in [3.63, 3.8) is 0 Å². The number of H-pyrrole nitrogens is 1. The number of aromatic amines is 1. The van der Waals surface area contributed by atoms with E-state index in [4.69, 9.17) is 4.74 Å². The quantitative estimate of drug-likeness (QED) is 0.709. The smallest absolute Gasteiger partial charge is 0.137 e. The lowest BCUT2D eigenvalue weighted by atomic mass is 10.1. The Morgan fingerprint density at radius 2 is 2.11 bits per heavy atom. The van der Waals surface area contributed by atoms with Crippen molar-refractivity contribution in [1.29, 1.82) is 0 Å². The largest absolute Gasteiger partial charge is 0.380 e. The predicted octanol–water partition coefficient (Wildman–Crippen LogP) is 1.67. The summed E-state index contributed by atoms with van der Waals surface area (Å²) in [6.07, 6.45) is 3.51. The molecule has 5 nitrogen and oxygen atoms in total. The highest BCUT2D eigenvalue weighted by Gasteiger charge is 2.01. The van der Waals surface area contributed by atoms with Crippen LogP contribution in [0.25, 0.3) is 0 Å². The van der Waals surface area contributed by atoms with Crippen LogP contribution in [0.1, 0.15) is 23.4 Å². The molecule has 1 aromatic carbocycles. The van der Waals surface area contributed by atoms with Crippen LogP contribution in [0.3, 0.4) is 0 Å². The minimum Gasteiger partial charge on any atom is -0.380 e. The van der Waals surface area contributed by atoms with Gasteiger partial charge in [0.1, 0.15) is 12.2 Å². The number of ether oxygens (including phenoxy) is 1. The number of nitrogens with zero attached hydrogens (tertiary/aromatic N) is 2. The molecule has 19 heavy (non-hydrogen) atoms. The van der Waals surface area contributed by atoms with E-state index in [1.807, 2.05) is 6.07 Å². The van der Waals surface area contributed by atoms with Crippen molar-refractivity contribution in [1.82, 2.24) is 20.5 Å². The molecule has 102 valence electrons. The van der Waals surface area contributed by atoms with Crippen molar-refractivity contribution < 1.29 is 4.74 Å². The van der Waals surface area contributed by atoms with E-state index < -0.39 is 0 Å². The van der Waals surface area contributed by atoms with Crippen LogP contribution < -0.4 is 5.32 Å². The molecule has 2 rings (SSSR count). The highest BCUT2D eigenvalue weighted by molar-refractivity contribution is 5.26. The number of hydrogen-bond acceptors (Lipinski definition) is 4. The molecule has 0 amide bonds. The molecule has 0 radical (unpaired) electrons. The summed E-state index contributed by atoms with van der Waals surface area (Å²) < 4.78 is 5.20. The zero-order chi connectivity index (χ0) is 13.3. The molecule has 1 heterocycles. The molecule has 0 aliphatic carbocycles. The third-order valence-electron chi connectivity index (χ3n) is 2.97. The van der Waals surface area contributed by atoms with Crippen LogP contribution in [0, 0.1) is 0 Å². The summed E-state index contributed by atoms with van der Waals surface area (Å²) in [5.41, 5.74) is 2.54. The Hall–Kier alpha value is -1.72. The Labute approximate surface area is 113 Å². The van der Waals surface area contributed by atoms with E-state index in [9.17, 15) is 0 Å². The molecule has 2 aromatic rings. The summed E-state index contributed by atoms with van der Waals surface area (Å²) in [5, 5.41) is 10.1. The van der Waals surface area contributed by atoms with E-state index in [0.29, 0.717) is 6.61 Å². The van der Waals surface area contributed by atoms with Gasteiger partial charge in [-0.15, -0.1) is 0 Å².